The van der Waals surface area contributed by atoms with E-state index in [1.165, 1.54) is 30.0 Å². The van der Waals surface area contributed by atoms with Crippen LogP contribution in [0.1, 0.15) is 31.5 Å². The van der Waals surface area contributed by atoms with Gasteiger partial charge in [0.2, 0.25) is 5.91 Å². The third-order valence-electron chi connectivity index (χ3n) is 5.27. The van der Waals surface area contributed by atoms with E-state index in [2.05, 4.69) is 10.6 Å². The third-order valence-corrected chi connectivity index (χ3v) is 6.75. The molecule has 4 aromatic carbocycles. The van der Waals surface area contributed by atoms with Gasteiger partial charge in [-0.25, -0.2) is 4.79 Å². The molecule has 0 saturated heterocycles. The Morgan fingerprint density at radius 1 is 0.784 bits per heavy atom. The zero-order chi connectivity index (χ0) is 26.4. The minimum Gasteiger partial charge on any atom is -0.507 e. The van der Waals surface area contributed by atoms with Crippen LogP contribution in [0.2, 0.25) is 5.02 Å². The Morgan fingerprint density at radius 3 is 2.24 bits per heavy atom. The monoisotopic (exact) mass is 532 g/mol. The minimum atomic E-state index is -1.31. The van der Waals surface area contributed by atoms with Gasteiger partial charge in [0.15, 0.2) is 0 Å². The number of amides is 2. The molecular formula is C28H21ClN2O5S. The molecule has 0 aliphatic rings. The molecule has 0 bridgehead atoms. The zero-order valence-electron chi connectivity index (χ0n) is 19.2. The SMILES string of the molecule is O=C(Nc1cccc(SC(C(=O)Nc2ccc(O)c(C(=O)O)c2)c2ccccc2)c1)c1cccc(Cl)c1. The van der Waals surface area contributed by atoms with Crippen molar-refractivity contribution in [2.24, 2.45) is 0 Å². The van der Waals surface area contributed by atoms with Crippen molar-refractivity contribution < 1.29 is 24.6 Å². The lowest BCUT2D eigenvalue weighted by atomic mass is 10.1. The molecule has 4 aromatic rings. The number of carbonyl (C=O) groups is 3. The third kappa shape index (κ3) is 6.69. The van der Waals surface area contributed by atoms with Crippen LogP contribution >= 0.6 is 23.4 Å². The first-order chi connectivity index (χ1) is 17.8. The number of halogens is 1. The molecule has 0 aliphatic carbocycles. The Morgan fingerprint density at radius 2 is 1.51 bits per heavy atom. The van der Waals surface area contributed by atoms with Crippen LogP contribution in [0.25, 0.3) is 0 Å². The predicted molar refractivity (Wildman–Crippen MR) is 145 cm³/mol. The van der Waals surface area contributed by atoms with Gasteiger partial charge < -0.3 is 20.8 Å². The lowest BCUT2D eigenvalue weighted by Crippen LogP contribution is -2.19. The highest BCUT2D eigenvalue weighted by Gasteiger charge is 2.23. The highest BCUT2D eigenvalue weighted by molar-refractivity contribution is 8.00. The molecule has 0 heterocycles. The first-order valence-corrected chi connectivity index (χ1v) is 12.3. The maximum absolute atomic E-state index is 13.3. The number of thioether (sulfide) groups is 1. The summed E-state index contributed by atoms with van der Waals surface area (Å²) < 4.78 is 0. The van der Waals surface area contributed by atoms with E-state index in [0.29, 0.717) is 16.3 Å². The van der Waals surface area contributed by atoms with Crippen LogP contribution in [0.3, 0.4) is 0 Å². The quantitative estimate of drug-likeness (QED) is 0.153. The number of benzene rings is 4. The molecule has 1 unspecified atom stereocenters. The average molecular weight is 533 g/mol. The number of nitrogens with one attached hydrogen (secondary N) is 2. The standard InChI is InChI=1S/C28H21ClN2O5S/c29-19-9-4-8-18(14-19)26(33)30-20-10-5-11-22(15-20)37-25(17-6-2-1-3-7-17)27(34)31-21-12-13-24(32)23(16-21)28(35)36/h1-16,25,32H,(H,30,33)(H,31,34)(H,35,36). The number of hydrogen-bond donors (Lipinski definition) is 4. The Labute approximate surface area is 222 Å². The van der Waals surface area contributed by atoms with E-state index < -0.39 is 17.0 Å². The summed E-state index contributed by atoms with van der Waals surface area (Å²) in [5, 5.41) is 24.4. The van der Waals surface area contributed by atoms with Crippen LogP contribution in [0.15, 0.2) is 102 Å². The lowest BCUT2D eigenvalue weighted by molar-refractivity contribution is -0.115. The number of aromatic carboxylic acids is 1. The van der Waals surface area contributed by atoms with Gasteiger partial charge in [0.1, 0.15) is 16.6 Å². The van der Waals surface area contributed by atoms with Crippen molar-refractivity contribution in [2.75, 3.05) is 10.6 Å². The summed E-state index contributed by atoms with van der Waals surface area (Å²) in [6, 6.07) is 26.7. The smallest absolute Gasteiger partial charge is 0.339 e. The second-order valence-electron chi connectivity index (χ2n) is 7.93. The Balaban J connectivity index is 1.56. The van der Waals surface area contributed by atoms with Gasteiger partial charge in [-0.2, -0.15) is 0 Å². The number of carbonyl (C=O) groups excluding carboxylic acids is 2. The van der Waals surface area contributed by atoms with E-state index in [0.717, 1.165) is 10.5 Å². The van der Waals surface area contributed by atoms with Gasteiger partial charge in [-0.1, -0.05) is 54.1 Å². The summed E-state index contributed by atoms with van der Waals surface area (Å²) in [5.74, 6) is -2.40. The molecule has 4 rings (SSSR count). The van der Waals surface area contributed by atoms with Crippen molar-refractivity contribution >= 4 is 52.5 Å². The molecule has 7 nitrogen and oxygen atoms in total. The number of carboxylic acid groups (broad SMARTS) is 1. The first kappa shape index (κ1) is 25.8. The van der Waals surface area contributed by atoms with E-state index in [4.69, 9.17) is 11.6 Å². The number of carboxylic acids is 1. The average Bonchev–Trinajstić information content (AvgIpc) is 2.89. The van der Waals surface area contributed by atoms with Crippen LogP contribution < -0.4 is 10.6 Å². The minimum absolute atomic E-state index is 0.240. The summed E-state index contributed by atoms with van der Waals surface area (Å²) in [4.78, 5) is 38.1. The van der Waals surface area contributed by atoms with E-state index in [1.807, 2.05) is 36.4 Å². The summed E-state index contributed by atoms with van der Waals surface area (Å²) in [5.41, 5.74) is 1.62. The molecule has 2 amide bonds. The van der Waals surface area contributed by atoms with E-state index in [1.54, 1.807) is 42.5 Å². The predicted octanol–water partition coefficient (Wildman–Crippen LogP) is 6.47. The molecule has 0 aromatic heterocycles. The van der Waals surface area contributed by atoms with Crippen molar-refractivity contribution in [2.45, 2.75) is 10.1 Å². The maximum atomic E-state index is 13.3. The summed E-state index contributed by atoms with van der Waals surface area (Å²) in [6.45, 7) is 0. The first-order valence-electron chi connectivity index (χ1n) is 11.1. The van der Waals surface area contributed by atoms with Crippen LogP contribution in [0.5, 0.6) is 5.75 Å². The molecule has 0 fully saturated rings. The molecule has 0 aliphatic heterocycles. The number of aromatic hydroxyl groups is 1. The fourth-order valence-corrected chi connectivity index (χ4v) is 4.78. The maximum Gasteiger partial charge on any atom is 0.339 e. The van der Waals surface area contributed by atoms with Gasteiger partial charge in [0, 0.05) is 26.9 Å². The second kappa shape index (κ2) is 11.6. The van der Waals surface area contributed by atoms with E-state index in [-0.39, 0.29) is 23.1 Å². The highest BCUT2D eigenvalue weighted by atomic mass is 35.5. The van der Waals surface area contributed by atoms with Crippen LogP contribution in [0.4, 0.5) is 11.4 Å². The van der Waals surface area contributed by atoms with Crippen molar-refractivity contribution in [3.05, 3.63) is 119 Å². The number of phenols is 1. The molecule has 186 valence electrons. The molecular weight excluding hydrogens is 512 g/mol. The van der Waals surface area contributed by atoms with E-state index in [9.17, 15) is 24.6 Å². The van der Waals surface area contributed by atoms with Crippen molar-refractivity contribution in [1.82, 2.24) is 0 Å². The van der Waals surface area contributed by atoms with Gasteiger partial charge in [-0.05, 0) is 60.2 Å². The molecule has 37 heavy (non-hydrogen) atoms. The van der Waals surface area contributed by atoms with Crippen LogP contribution in [-0.4, -0.2) is 28.0 Å². The second-order valence-corrected chi connectivity index (χ2v) is 9.54. The summed E-state index contributed by atoms with van der Waals surface area (Å²) >= 11 is 7.26. The molecule has 0 saturated carbocycles. The number of hydrogen-bond acceptors (Lipinski definition) is 5. The molecule has 1 atom stereocenters. The van der Waals surface area contributed by atoms with Crippen molar-refractivity contribution in [1.29, 1.82) is 0 Å². The normalized spacial score (nSPS) is 11.4. The Kier molecular flexibility index (Phi) is 8.12. The highest BCUT2D eigenvalue weighted by Crippen LogP contribution is 2.37. The zero-order valence-corrected chi connectivity index (χ0v) is 20.8. The topological polar surface area (TPSA) is 116 Å². The van der Waals surface area contributed by atoms with Crippen molar-refractivity contribution in [3.63, 3.8) is 0 Å². The van der Waals surface area contributed by atoms with Crippen LogP contribution in [0, 0.1) is 0 Å². The largest absolute Gasteiger partial charge is 0.507 e. The molecule has 0 spiro atoms. The molecule has 0 radical (unpaired) electrons. The van der Waals surface area contributed by atoms with Gasteiger partial charge in [-0.3, -0.25) is 9.59 Å². The van der Waals surface area contributed by atoms with Gasteiger partial charge in [0.05, 0.1) is 0 Å². The molecule has 9 heteroatoms. The Bertz CT molecular complexity index is 1460. The Hall–Kier alpha value is -4.27. The molecule has 4 N–H and O–H groups in total. The van der Waals surface area contributed by atoms with Crippen LogP contribution in [-0.2, 0) is 4.79 Å². The van der Waals surface area contributed by atoms with Crippen molar-refractivity contribution in [3.8, 4) is 5.75 Å². The van der Waals surface area contributed by atoms with Gasteiger partial charge in [0.25, 0.3) is 5.91 Å². The number of anilines is 2. The summed E-state index contributed by atoms with van der Waals surface area (Å²) in [7, 11) is 0. The van der Waals surface area contributed by atoms with E-state index >= 15 is 0 Å². The fourth-order valence-electron chi connectivity index (χ4n) is 3.51. The fraction of sp³-hybridized carbons (Fsp3) is 0.0357. The number of rotatable bonds is 8. The van der Waals surface area contributed by atoms with Gasteiger partial charge in [-0.15, -0.1) is 11.8 Å². The summed E-state index contributed by atoms with van der Waals surface area (Å²) in [6.07, 6.45) is 0. The van der Waals surface area contributed by atoms with Gasteiger partial charge >= 0.3 is 5.97 Å². The lowest BCUT2D eigenvalue weighted by Gasteiger charge is -2.18.